The number of rotatable bonds is 4. The minimum atomic E-state index is -1.32. The van der Waals surface area contributed by atoms with Crippen molar-refractivity contribution in [3.63, 3.8) is 0 Å². The molecule has 5 N–H and O–H groups in total. The first-order valence-corrected chi connectivity index (χ1v) is 4.83. The molecular formula is C6H12NO6S-. The van der Waals surface area contributed by atoms with E-state index in [-0.39, 0.29) is 0 Å². The lowest BCUT2D eigenvalue weighted by molar-refractivity contribution is -0.0713. The fourth-order valence-corrected chi connectivity index (χ4v) is 1.82. The third kappa shape index (κ3) is 2.35. The molecule has 0 bridgehead atoms. The lowest BCUT2D eigenvalue weighted by atomic mass is 10.1. The van der Waals surface area contributed by atoms with Gasteiger partial charge in [-0.1, -0.05) is 11.9 Å². The molecule has 0 aromatic heterocycles. The lowest BCUT2D eigenvalue weighted by Crippen LogP contribution is -2.40. The summed E-state index contributed by atoms with van der Waals surface area (Å²) in [6.07, 6.45) is -4.95. The molecule has 5 atom stereocenters. The molecule has 1 rings (SSSR count). The van der Waals surface area contributed by atoms with Gasteiger partial charge in [0.15, 0.2) is 0 Å². The third-order valence-corrected chi connectivity index (χ3v) is 2.71. The van der Waals surface area contributed by atoms with Crippen LogP contribution in [0.25, 0.3) is 0 Å². The molecule has 0 aliphatic carbocycles. The second-order valence-corrected chi connectivity index (χ2v) is 3.77. The van der Waals surface area contributed by atoms with E-state index in [1.807, 2.05) is 0 Å². The zero-order chi connectivity index (χ0) is 10.7. The SMILES string of the molecule is [O-]NSC1O[C@H]([C@H](O)CO)[C@H](O)[C@H]1O. The molecule has 0 spiro atoms. The van der Waals surface area contributed by atoms with Crippen LogP contribution in [0, 0.1) is 5.21 Å². The van der Waals surface area contributed by atoms with E-state index in [1.54, 1.807) is 0 Å². The Kier molecular flexibility index (Phi) is 4.54. The van der Waals surface area contributed by atoms with Gasteiger partial charge in [-0.15, -0.1) is 0 Å². The van der Waals surface area contributed by atoms with Gasteiger partial charge in [-0.2, -0.15) is 0 Å². The van der Waals surface area contributed by atoms with Crippen molar-refractivity contribution in [2.24, 2.45) is 0 Å². The first kappa shape index (κ1) is 12.1. The molecule has 0 radical (unpaired) electrons. The lowest BCUT2D eigenvalue weighted by Gasteiger charge is -2.18. The zero-order valence-electron chi connectivity index (χ0n) is 7.11. The van der Waals surface area contributed by atoms with Crippen molar-refractivity contribution >= 4 is 11.9 Å². The third-order valence-electron chi connectivity index (χ3n) is 1.99. The summed E-state index contributed by atoms with van der Waals surface area (Å²) < 4.78 is 4.97. The van der Waals surface area contributed by atoms with Crippen LogP contribution in [0.5, 0.6) is 0 Å². The molecule has 14 heavy (non-hydrogen) atoms. The topological polar surface area (TPSA) is 125 Å². The van der Waals surface area contributed by atoms with Gasteiger partial charge in [0.05, 0.1) is 6.61 Å². The van der Waals surface area contributed by atoms with Crippen LogP contribution < -0.4 is 4.89 Å². The Morgan fingerprint density at radius 3 is 2.57 bits per heavy atom. The Morgan fingerprint density at radius 1 is 1.43 bits per heavy atom. The van der Waals surface area contributed by atoms with Gasteiger partial charge in [0.2, 0.25) is 0 Å². The van der Waals surface area contributed by atoms with Gasteiger partial charge >= 0.3 is 0 Å². The van der Waals surface area contributed by atoms with E-state index in [2.05, 4.69) is 0 Å². The summed E-state index contributed by atoms with van der Waals surface area (Å²) in [5.41, 5.74) is -0.950. The molecule has 1 aliphatic rings. The Labute approximate surface area is 84.4 Å². The molecule has 8 heteroatoms. The second kappa shape index (κ2) is 5.24. The predicted molar refractivity (Wildman–Crippen MR) is 47.9 cm³/mol. The number of hydrogen-bond donors (Lipinski definition) is 5. The van der Waals surface area contributed by atoms with E-state index in [1.165, 1.54) is 4.89 Å². The normalized spacial score (nSPS) is 40.1. The highest BCUT2D eigenvalue weighted by atomic mass is 32.2. The van der Waals surface area contributed by atoms with Crippen molar-refractivity contribution in [1.82, 2.24) is 4.89 Å². The van der Waals surface area contributed by atoms with E-state index < -0.39 is 36.5 Å². The molecule has 1 fully saturated rings. The van der Waals surface area contributed by atoms with Crippen LogP contribution in [0.3, 0.4) is 0 Å². The number of nitrogens with one attached hydrogen (secondary N) is 1. The average molecular weight is 226 g/mol. The minimum Gasteiger partial charge on any atom is -0.778 e. The monoisotopic (exact) mass is 226 g/mol. The zero-order valence-corrected chi connectivity index (χ0v) is 7.92. The molecule has 0 saturated carbocycles. The second-order valence-electron chi connectivity index (χ2n) is 2.90. The number of aliphatic hydroxyl groups is 4. The minimum absolute atomic E-state index is 0.552. The quantitative estimate of drug-likeness (QED) is 0.263. The standard InChI is InChI=1S/C6H12NO6S/c8-1-2(9)5-3(10)4(11)6(13-5)14-7-12/h2-11H,1H2/q-1/t2-,3-,4-,5-,6?/m1/s1. The van der Waals surface area contributed by atoms with Crippen LogP contribution in [0.2, 0.25) is 0 Å². The van der Waals surface area contributed by atoms with E-state index in [0.29, 0.717) is 11.9 Å². The maximum absolute atomic E-state index is 10.0. The van der Waals surface area contributed by atoms with Gasteiger partial charge in [0.1, 0.15) is 29.9 Å². The van der Waals surface area contributed by atoms with Crippen LogP contribution in [0.1, 0.15) is 0 Å². The van der Waals surface area contributed by atoms with Crippen molar-refractivity contribution in [3.8, 4) is 0 Å². The molecule has 1 saturated heterocycles. The van der Waals surface area contributed by atoms with Crippen LogP contribution in [0.15, 0.2) is 0 Å². The highest BCUT2D eigenvalue weighted by molar-refractivity contribution is 7.98. The Hall–Kier alpha value is 0.0700. The van der Waals surface area contributed by atoms with Gasteiger partial charge in [-0.25, -0.2) is 0 Å². The van der Waals surface area contributed by atoms with Gasteiger partial charge in [-0.3, -0.25) is 0 Å². The Morgan fingerprint density at radius 2 is 2.07 bits per heavy atom. The van der Waals surface area contributed by atoms with Crippen molar-refractivity contribution < 1.29 is 25.2 Å². The van der Waals surface area contributed by atoms with Gasteiger partial charge in [0, 0.05) is 0 Å². The predicted octanol–water partition coefficient (Wildman–Crippen LogP) is -2.48. The molecule has 1 aliphatic heterocycles. The molecule has 1 unspecified atom stereocenters. The summed E-state index contributed by atoms with van der Waals surface area (Å²) >= 11 is 0.552. The molecular weight excluding hydrogens is 214 g/mol. The van der Waals surface area contributed by atoms with Crippen molar-refractivity contribution in [2.75, 3.05) is 6.61 Å². The van der Waals surface area contributed by atoms with Gasteiger partial charge in [0.25, 0.3) is 0 Å². The summed E-state index contributed by atoms with van der Waals surface area (Å²) in [7, 11) is 0. The molecule has 7 nitrogen and oxygen atoms in total. The Balaban J connectivity index is 2.57. The molecule has 0 aromatic carbocycles. The fourth-order valence-electron chi connectivity index (χ4n) is 1.24. The van der Waals surface area contributed by atoms with E-state index in [9.17, 15) is 20.5 Å². The maximum Gasteiger partial charge on any atom is 0.145 e. The summed E-state index contributed by atoms with van der Waals surface area (Å²) in [6.45, 7) is -0.587. The van der Waals surface area contributed by atoms with Crippen molar-refractivity contribution in [2.45, 2.75) is 29.9 Å². The van der Waals surface area contributed by atoms with Crippen molar-refractivity contribution in [3.05, 3.63) is 5.21 Å². The molecule has 0 amide bonds. The maximum atomic E-state index is 10.0. The average Bonchev–Trinajstić information content (AvgIpc) is 2.46. The van der Waals surface area contributed by atoms with E-state index in [0.717, 1.165) is 0 Å². The first-order valence-electron chi connectivity index (χ1n) is 3.95. The highest BCUT2D eigenvalue weighted by Crippen LogP contribution is 2.29. The summed E-state index contributed by atoms with van der Waals surface area (Å²) in [6, 6.07) is 0. The molecule has 84 valence electrons. The van der Waals surface area contributed by atoms with Crippen LogP contribution >= 0.6 is 11.9 Å². The molecule has 1 heterocycles. The Bertz CT molecular complexity index is 182. The first-order chi connectivity index (χ1) is 6.61. The van der Waals surface area contributed by atoms with Gasteiger partial charge in [-0.05, 0) is 0 Å². The smallest absolute Gasteiger partial charge is 0.145 e. The van der Waals surface area contributed by atoms with Gasteiger partial charge < -0.3 is 35.3 Å². The van der Waals surface area contributed by atoms with E-state index in [4.69, 9.17) is 9.84 Å². The summed E-state index contributed by atoms with van der Waals surface area (Å²) in [5, 5.41) is 46.5. The van der Waals surface area contributed by atoms with E-state index >= 15 is 0 Å². The highest BCUT2D eigenvalue weighted by Gasteiger charge is 2.45. The van der Waals surface area contributed by atoms with Crippen molar-refractivity contribution in [1.29, 1.82) is 0 Å². The number of aliphatic hydroxyl groups excluding tert-OH is 4. The van der Waals surface area contributed by atoms with Crippen LogP contribution in [0.4, 0.5) is 0 Å². The number of hydrogen-bond acceptors (Lipinski definition) is 8. The number of ether oxygens (including phenoxy) is 1. The van der Waals surface area contributed by atoms with Crippen LogP contribution in [-0.4, -0.2) is 56.9 Å². The summed E-state index contributed by atoms with van der Waals surface area (Å²) in [4.78, 5) is 1.46. The largest absolute Gasteiger partial charge is 0.778 e. The molecule has 0 aromatic rings. The fraction of sp³-hybridized carbons (Fsp3) is 1.00. The summed E-state index contributed by atoms with van der Waals surface area (Å²) in [5.74, 6) is 0. The van der Waals surface area contributed by atoms with Crippen LogP contribution in [-0.2, 0) is 4.74 Å².